The van der Waals surface area contributed by atoms with Gasteiger partial charge in [0, 0.05) is 17.5 Å². The molecule has 0 saturated heterocycles. The molecular weight excluding hydrogens is 319 g/mol. The number of sulfone groups is 1. The number of ether oxygens (including phenoxy) is 1. The zero-order valence-electron chi connectivity index (χ0n) is 11.4. The van der Waals surface area contributed by atoms with E-state index in [0.717, 1.165) is 18.4 Å². The second kappa shape index (κ2) is 5.53. The van der Waals surface area contributed by atoms with Crippen molar-refractivity contribution in [3.8, 4) is 16.9 Å². The summed E-state index contributed by atoms with van der Waals surface area (Å²) in [5.41, 5.74) is 6.61. The zero-order chi connectivity index (χ0) is 16.5. The summed E-state index contributed by atoms with van der Waals surface area (Å²) in [5.74, 6) is -0.429. The summed E-state index contributed by atoms with van der Waals surface area (Å²) in [6, 6.07) is 9.25. The molecule has 2 rings (SSSR count). The molecular formula is C14H12F3NO3S. The average molecular weight is 331 g/mol. The van der Waals surface area contributed by atoms with Gasteiger partial charge in [-0.15, -0.1) is 13.2 Å². The maximum Gasteiger partial charge on any atom is 0.573 e. The fourth-order valence-electron chi connectivity index (χ4n) is 1.88. The van der Waals surface area contributed by atoms with Crippen molar-refractivity contribution in [1.82, 2.24) is 0 Å². The van der Waals surface area contributed by atoms with Crippen LogP contribution in [0, 0.1) is 0 Å². The van der Waals surface area contributed by atoms with Gasteiger partial charge in [0.2, 0.25) is 0 Å². The Morgan fingerprint density at radius 3 is 2.36 bits per heavy atom. The molecule has 0 aliphatic rings. The van der Waals surface area contributed by atoms with Crippen LogP contribution in [-0.2, 0) is 9.84 Å². The SMILES string of the molecule is CS(=O)(=O)c1cccc(-c2cc(OC(F)(F)F)ccc2N)c1. The van der Waals surface area contributed by atoms with Gasteiger partial charge in [-0.2, -0.15) is 0 Å². The van der Waals surface area contributed by atoms with Crippen molar-refractivity contribution in [2.45, 2.75) is 11.3 Å². The van der Waals surface area contributed by atoms with E-state index in [2.05, 4.69) is 4.74 Å². The van der Waals surface area contributed by atoms with Gasteiger partial charge in [0.25, 0.3) is 0 Å². The molecule has 8 heteroatoms. The van der Waals surface area contributed by atoms with E-state index in [9.17, 15) is 21.6 Å². The summed E-state index contributed by atoms with van der Waals surface area (Å²) in [6.07, 6.45) is -3.78. The standard InChI is InChI=1S/C14H12F3NO3S/c1-22(19,20)11-4-2-3-9(7-11)12-8-10(5-6-13(12)18)21-14(15,16)17/h2-8H,18H2,1H3. The summed E-state index contributed by atoms with van der Waals surface area (Å²) in [4.78, 5) is 0.0477. The first-order chi connectivity index (χ1) is 10.1. The summed E-state index contributed by atoms with van der Waals surface area (Å²) in [7, 11) is -3.44. The lowest BCUT2D eigenvalue weighted by Crippen LogP contribution is -2.17. The highest BCUT2D eigenvalue weighted by Gasteiger charge is 2.31. The van der Waals surface area contributed by atoms with Gasteiger partial charge in [0.15, 0.2) is 9.84 Å². The van der Waals surface area contributed by atoms with Gasteiger partial charge in [0.05, 0.1) is 4.90 Å². The van der Waals surface area contributed by atoms with E-state index in [1.165, 1.54) is 24.3 Å². The van der Waals surface area contributed by atoms with Crippen LogP contribution in [0.1, 0.15) is 0 Å². The monoisotopic (exact) mass is 331 g/mol. The maximum atomic E-state index is 12.3. The number of alkyl halides is 3. The molecule has 0 aromatic heterocycles. The van der Waals surface area contributed by atoms with Crippen molar-refractivity contribution < 1.29 is 26.3 Å². The highest BCUT2D eigenvalue weighted by Crippen LogP contribution is 2.33. The number of nitrogens with two attached hydrogens (primary N) is 1. The van der Waals surface area contributed by atoms with Gasteiger partial charge in [-0.25, -0.2) is 8.42 Å². The molecule has 0 aliphatic heterocycles. The molecule has 2 aromatic rings. The summed E-state index contributed by atoms with van der Waals surface area (Å²) >= 11 is 0. The van der Waals surface area contributed by atoms with E-state index in [4.69, 9.17) is 5.73 Å². The largest absolute Gasteiger partial charge is 0.573 e. The predicted octanol–water partition coefficient (Wildman–Crippen LogP) is 3.24. The molecule has 0 atom stereocenters. The van der Waals surface area contributed by atoms with E-state index >= 15 is 0 Å². The van der Waals surface area contributed by atoms with Crippen molar-refractivity contribution in [3.63, 3.8) is 0 Å². The number of benzene rings is 2. The molecule has 0 heterocycles. The Bertz CT molecular complexity index is 801. The third-order valence-electron chi connectivity index (χ3n) is 2.83. The molecule has 0 bridgehead atoms. The molecule has 0 unspecified atom stereocenters. The molecule has 2 aromatic carbocycles. The normalized spacial score (nSPS) is 12.2. The number of halogens is 3. The molecule has 2 N–H and O–H groups in total. The van der Waals surface area contributed by atoms with E-state index in [-0.39, 0.29) is 16.1 Å². The number of hydrogen-bond acceptors (Lipinski definition) is 4. The minimum atomic E-state index is -4.82. The summed E-state index contributed by atoms with van der Waals surface area (Å²) in [6.45, 7) is 0. The summed E-state index contributed by atoms with van der Waals surface area (Å²) < 4.78 is 63.7. The number of rotatable bonds is 3. The molecule has 0 spiro atoms. The lowest BCUT2D eigenvalue weighted by atomic mass is 10.0. The molecule has 0 amide bonds. The molecule has 4 nitrogen and oxygen atoms in total. The Morgan fingerprint density at radius 2 is 1.77 bits per heavy atom. The maximum absolute atomic E-state index is 12.3. The molecule has 0 saturated carbocycles. The van der Waals surface area contributed by atoms with E-state index in [1.807, 2.05) is 0 Å². The third-order valence-corrected chi connectivity index (χ3v) is 3.94. The fraction of sp³-hybridized carbons (Fsp3) is 0.143. The summed E-state index contributed by atoms with van der Waals surface area (Å²) in [5, 5.41) is 0. The van der Waals surface area contributed by atoms with E-state index < -0.39 is 21.9 Å². The highest BCUT2D eigenvalue weighted by atomic mass is 32.2. The van der Waals surface area contributed by atoms with Crippen LogP contribution in [0.5, 0.6) is 5.75 Å². The van der Waals surface area contributed by atoms with Gasteiger partial charge in [-0.1, -0.05) is 12.1 Å². The van der Waals surface area contributed by atoms with Gasteiger partial charge >= 0.3 is 6.36 Å². The van der Waals surface area contributed by atoms with Crippen LogP contribution < -0.4 is 10.5 Å². The first kappa shape index (κ1) is 16.2. The van der Waals surface area contributed by atoms with Crippen LogP contribution in [0.2, 0.25) is 0 Å². The predicted molar refractivity (Wildman–Crippen MR) is 76.1 cm³/mol. The zero-order valence-corrected chi connectivity index (χ0v) is 12.2. The second-order valence-corrected chi connectivity index (χ2v) is 6.61. The number of hydrogen-bond donors (Lipinski definition) is 1. The van der Waals surface area contributed by atoms with Crippen LogP contribution in [0.4, 0.5) is 18.9 Å². The highest BCUT2D eigenvalue weighted by molar-refractivity contribution is 7.90. The minimum absolute atomic E-state index is 0.0477. The average Bonchev–Trinajstić information content (AvgIpc) is 2.38. The number of anilines is 1. The molecule has 0 fully saturated rings. The van der Waals surface area contributed by atoms with Crippen molar-refractivity contribution in [1.29, 1.82) is 0 Å². The fourth-order valence-corrected chi connectivity index (χ4v) is 2.54. The van der Waals surface area contributed by atoms with Crippen LogP contribution in [0.15, 0.2) is 47.4 Å². The first-order valence-corrected chi connectivity index (χ1v) is 7.91. The molecule has 0 aliphatic carbocycles. The Labute approximate surface area is 125 Å². The molecule has 118 valence electrons. The van der Waals surface area contributed by atoms with Crippen molar-refractivity contribution >= 4 is 15.5 Å². The Kier molecular flexibility index (Phi) is 4.06. The van der Waals surface area contributed by atoms with Gasteiger partial charge in [0.1, 0.15) is 5.75 Å². The Balaban J connectivity index is 2.51. The first-order valence-electron chi connectivity index (χ1n) is 6.02. The lowest BCUT2D eigenvalue weighted by molar-refractivity contribution is -0.274. The van der Waals surface area contributed by atoms with Crippen molar-refractivity contribution in [3.05, 3.63) is 42.5 Å². The Hall–Kier alpha value is -2.22. The third kappa shape index (κ3) is 3.91. The second-order valence-electron chi connectivity index (χ2n) is 4.60. The topological polar surface area (TPSA) is 69.4 Å². The van der Waals surface area contributed by atoms with Crippen LogP contribution in [0.25, 0.3) is 11.1 Å². The van der Waals surface area contributed by atoms with Gasteiger partial charge < -0.3 is 10.5 Å². The van der Waals surface area contributed by atoms with Gasteiger partial charge in [-0.05, 0) is 35.9 Å². The van der Waals surface area contributed by atoms with Crippen LogP contribution in [0.3, 0.4) is 0 Å². The molecule has 22 heavy (non-hydrogen) atoms. The quantitative estimate of drug-likeness (QED) is 0.877. The number of nitrogen functional groups attached to an aromatic ring is 1. The van der Waals surface area contributed by atoms with Crippen molar-refractivity contribution in [2.75, 3.05) is 12.0 Å². The van der Waals surface area contributed by atoms with Crippen LogP contribution in [-0.4, -0.2) is 21.0 Å². The van der Waals surface area contributed by atoms with Gasteiger partial charge in [-0.3, -0.25) is 0 Å². The van der Waals surface area contributed by atoms with Crippen molar-refractivity contribution in [2.24, 2.45) is 0 Å². The van der Waals surface area contributed by atoms with E-state index in [1.54, 1.807) is 6.07 Å². The minimum Gasteiger partial charge on any atom is -0.406 e. The molecule has 0 radical (unpaired) electrons. The lowest BCUT2D eigenvalue weighted by Gasteiger charge is -2.12. The Morgan fingerprint density at radius 1 is 1.09 bits per heavy atom. The smallest absolute Gasteiger partial charge is 0.406 e. The van der Waals surface area contributed by atoms with Crippen LogP contribution >= 0.6 is 0 Å². The van der Waals surface area contributed by atoms with E-state index in [0.29, 0.717) is 5.56 Å².